The molecule has 1 aromatic rings. The molecular weight excluding hydrogens is 272 g/mol. The van der Waals surface area contributed by atoms with Crippen molar-refractivity contribution in [2.45, 2.75) is 12.5 Å². The number of methoxy groups -OCH3 is 2. The van der Waals surface area contributed by atoms with Gasteiger partial charge in [0.25, 0.3) is 0 Å². The first-order chi connectivity index (χ1) is 7.63. The van der Waals surface area contributed by atoms with Gasteiger partial charge in [-0.05, 0) is 17.7 Å². The number of benzene rings is 1. The lowest BCUT2D eigenvalue weighted by molar-refractivity contribution is 0.354. The molecule has 0 spiro atoms. The van der Waals surface area contributed by atoms with Crippen LogP contribution in [0.4, 0.5) is 0 Å². The van der Waals surface area contributed by atoms with Crippen molar-refractivity contribution in [3.05, 3.63) is 22.2 Å². The summed E-state index contributed by atoms with van der Waals surface area (Å²) in [5.41, 5.74) is 6.71. The van der Waals surface area contributed by atoms with Gasteiger partial charge in [-0.3, -0.25) is 0 Å². The fourth-order valence-electron chi connectivity index (χ4n) is 1.36. The Morgan fingerprint density at radius 3 is 2.44 bits per heavy atom. The van der Waals surface area contributed by atoms with Gasteiger partial charge in [-0.25, -0.2) is 0 Å². The van der Waals surface area contributed by atoms with E-state index in [-0.39, 0.29) is 12.5 Å². The third-order valence-corrected chi connectivity index (χ3v) is 2.90. The summed E-state index contributed by atoms with van der Waals surface area (Å²) in [6.45, 7) is 0. The fraction of sp³-hybridized carbons (Fsp3) is 0.364. The van der Waals surface area contributed by atoms with Crippen LogP contribution in [0.5, 0.6) is 11.5 Å². The second-order valence-corrected chi connectivity index (χ2v) is 4.05. The highest BCUT2D eigenvalue weighted by atomic mass is 79.9. The molecule has 4 nitrogen and oxygen atoms in total. The molecule has 1 atom stereocenters. The number of hydrogen-bond donors (Lipinski definition) is 1. The van der Waals surface area contributed by atoms with Gasteiger partial charge in [-0.15, -0.1) is 0 Å². The van der Waals surface area contributed by atoms with E-state index in [4.69, 9.17) is 20.5 Å². The summed E-state index contributed by atoms with van der Waals surface area (Å²) < 4.78 is 11.1. The second kappa shape index (κ2) is 5.73. The van der Waals surface area contributed by atoms with Gasteiger partial charge in [0.2, 0.25) is 0 Å². The molecule has 0 saturated carbocycles. The average molecular weight is 285 g/mol. The van der Waals surface area contributed by atoms with Crippen LogP contribution in [0, 0.1) is 11.3 Å². The van der Waals surface area contributed by atoms with Crippen LogP contribution in [0.2, 0.25) is 0 Å². The summed E-state index contributed by atoms with van der Waals surface area (Å²) in [4.78, 5) is 0. The molecule has 0 aliphatic carbocycles. The molecule has 16 heavy (non-hydrogen) atoms. The smallest absolute Gasteiger partial charge is 0.161 e. The predicted molar refractivity (Wildman–Crippen MR) is 64.4 cm³/mol. The first-order valence-corrected chi connectivity index (χ1v) is 5.47. The van der Waals surface area contributed by atoms with Crippen LogP contribution in [0.15, 0.2) is 16.6 Å². The number of hydrogen-bond acceptors (Lipinski definition) is 4. The molecule has 2 N–H and O–H groups in total. The number of nitriles is 1. The Hall–Kier alpha value is -1.25. The molecule has 0 amide bonds. The van der Waals surface area contributed by atoms with E-state index >= 15 is 0 Å². The highest BCUT2D eigenvalue weighted by Gasteiger charge is 2.14. The van der Waals surface area contributed by atoms with Crippen molar-refractivity contribution in [2.24, 2.45) is 5.73 Å². The summed E-state index contributed by atoms with van der Waals surface area (Å²) in [5, 5.41) is 8.61. The minimum absolute atomic E-state index is 0.258. The first kappa shape index (κ1) is 12.8. The Morgan fingerprint density at radius 1 is 1.38 bits per heavy atom. The van der Waals surface area contributed by atoms with E-state index in [1.807, 2.05) is 6.07 Å². The topological polar surface area (TPSA) is 68.3 Å². The SMILES string of the molecule is COc1cc(Br)c([C@H](N)CC#N)cc1OC. The normalized spacial score (nSPS) is 11.7. The van der Waals surface area contributed by atoms with Crippen molar-refractivity contribution in [3.63, 3.8) is 0 Å². The summed E-state index contributed by atoms with van der Waals surface area (Å²) in [6.07, 6.45) is 0.258. The van der Waals surface area contributed by atoms with E-state index in [0.29, 0.717) is 11.5 Å². The van der Waals surface area contributed by atoms with E-state index in [9.17, 15) is 0 Å². The second-order valence-electron chi connectivity index (χ2n) is 3.20. The molecule has 0 unspecified atom stereocenters. The van der Waals surface area contributed by atoms with E-state index < -0.39 is 0 Å². The summed E-state index contributed by atoms with van der Waals surface area (Å²) in [6, 6.07) is 5.27. The van der Waals surface area contributed by atoms with Crippen molar-refractivity contribution in [1.82, 2.24) is 0 Å². The zero-order valence-corrected chi connectivity index (χ0v) is 10.7. The molecule has 1 rings (SSSR count). The molecule has 1 aromatic carbocycles. The molecule has 86 valence electrons. The lowest BCUT2D eigenvalue weighted by Crippen LogP contribution is -2.10. The summed E-state index contributed by atoms with van der Waals surface area (Å²) >= 11 is 3.40. The van der Waals surface area contributed by atoms with Crippen LogP contribution >= 0.6 is 15.9 Å². The molecule has 0 aromatic heterocycles. The third-order valence-electron chi connectivity index (χ3n) is 2.21. The van der Waals surface area contributed by atoms with Crippen LogP contribution in [0.25, 0.3) is 0 Å². The van der Waals surface area contributed by atoms with Crippen molar-refractivity contribution in [2.75, 3.05) is 14.2 Å². The van der Waals surface area contributed by atoms with Crippen LogP contribution in [-0.2, 0) is 0 Å². The molecule has 0 fully saturated rings. The Kier molecular flexibility index (Phi) is 4.59. The molecule has 0 aliphatic rings. The Morgan fingerprint density at radius 2 is 1.94 bits per heavy atom. The number of rotatable bonds is 4. The van der Waals surface area contributed by atoms with Gasteiger partial charge >= 0.3 is 0 Å². The molecule has 0 radical (unpaired) electrons. The summed E-state index contributed by atoms with van der Waals surface area (Å²) in [7, 11) is 3.13. The van der Waals surface area contributed by atoms with Crippen molar-refractivity contribution < 1.29 is 9.47 Å². The lowest BCUT2D eigenvalue weighted by atomic mass is 10.0. The zero-order chi connectivity index (χ0) is 12.1. The Labute approximate surface area is 103 Å². The fourth-order valence-corrected chi connectivity index (χ4v) is 1.98. The minimum Gasteiger partial charge on any atom is -0.493 e. The third kappa shape index (κ3) is 2.65. The van der Waals surface area contributed by atoms with Gasteiger partial charge in [0.05, 0.1) is 26.7 Å². The Balaban J connectivity index is 3.16. The van der Waals surface area contributed by atoms with Gasteiger partial charge in [0.1, 0.15) is 0 Å². The van der Waals surface area contributed by atoms with E-state index in [1.54, 1.807) is 26.4 Å². The molecular formula is C11H13BrN2O2. The largest absolute Gasteiger partial charge is 0.493 e. The van der Waals surface area contributed by atoms with E-state index in [0.717, 1.165) is 10.0 Å². The summed E-state index contributed by atoms with van der Waals surface area (Å²) in [5.74, 6) is 1.23. The van der Waals surface area contributed by atoms with Crippen LogP contribution in [0.3, 0.4) is 0 Å². The van der Waals surface area contributed by atoms with Crippen molar-refractivity contribution in [1.29, 1.82) is 5.26 Å². The van der Waals surface area contributed by atoms with Gasteiger partial charge in [-0.1, -0.05) is 15.9 Å². The first-order valence-electron chi connectivity index (χ1n) is 4.68. The predicted octanol–water partition coefficient (Wildman–Crippen LogP) is 2.38. The maximum Gasteiger partial charge on any atom is 0.161 e. The van der Waals surface area contributed by atoms with Gasteiger partial charge in [0, 0.05) is 10.5 Å². The number of halogens is 1. The molecule has 0 aliphatic heterocycles. The van der Waals surface area contributed by atoms with Gasteiger partial charge in [-0.2, -0.15) is 5.26 Å². The lowest BCUT2D eigenvalue weighted by Gasteiger charge is -2.14. The number of ether oxygens (including phenoxy) is 2. The molecule has 5 heteroatoms. The number of nitrogens with zero attached hydrogens (tertiary/aromatic N) is 1. The molecule has 0 bridgehead atoms. The highest BCUT2D eigenvalue weighted by Crippen LogP contribution is 2.35. The quantitative estimate of drug-likeness (QED) is 0.922. The maximum absolute atomic E-state index is 8.61. The Bertz CT molecular complexity index is 415. The minimum atomic E-state index is -0.334. The maximum atomic E-state index is 8.61. The zero-order valence-electron chi connectivity index (χ0n) is 9.16. The highest BCUT2D eigenvalue weighted by molar-refractivity contribution is 9.10. The van der Waals surface area contributed by atoms with Gasteiger partial charge < -0.3 is 15.2 Å². The van der Waals surface area contributed by atoms with Crippen molar-refractivity contribution >= 4 is 15.9 Å². The van der Waals surface area contributed by atoms with Crippen LogP contribution in [0.1, 0.15) is 18.0 Å². The molecule has 0 saturated heterocycles. The van der Waals surface area contributed by atoms with Crippen LogP contribution in [-0.4, -0.2) is 14.2 Å². The van der Waals surface area contributed by atoms with Gasteiger partial charge in [0.15, 0.2) is 11.5 Å². The number of nitrogens with two attached hydrogens (primary N) is 1. The average Bonchev–Trinajstić information content (AvgIpc) is 2.28. The van der Waals surface area contributed by atoms with Crippen molar-refractivity contribution in [3.8, 4) is 17.6 Å². The van der Waals surface area contributed by atoms with E-state index in [2.05, 4.69) is 15.9 Å². The molecule has 0 heterocycles. The standard InChI is InChI=1S/C11H13BrN2O2/c1-15-10-5-7(9(14)3-4-13)8(12)6-11(10)16-2/h5-6,9H,3,14H2,1-2H3/t9-/m1/s1. The van der Waals surface area contributed by atoms with E-state index in [1.165, 1.54) is 0 Å². The van der Waals surface area contributed by atoms with Crippen LogP contribution < -0.4 is 15.2 Å². The monoisotopic (exact) mass is 284 g/mol.